The van der Waals surface area contributed by atoms with Crippen molar-refractivity contribution < 1.29 is 13.9 Å². The number of nitrogens with zero attached hydrogens (tertiary/aromatic N) is 1. The van der Waals surface area contributed by atoms with Crippen LogP contribution in [0.5, 0.6) is 11.5 Å². The van der Waals surface area contributed by atoms with E-state index in [1.165, 1.54) is 0 Å². The van der Waals surface area contributed by atoms with Crippen molar-refractivity contribution in [3.05, 3.63) is 42.5 Å². The number of rotatable bonds is 4. The smallest absolute Gasteiger partial charge is 0.300 e. The molecule has 3 aromatic rings. The Bertz CT molecular complexity index is 682. The van der Waals surface area contributed by atoms with Gasteiger partial charge in [-0.05, 0) is 12.1 Å². The molecule has 0 fully saturated rings. The van der Waals surface area contributed by atoms with Crippen LogP contribution in [0.15, 0.2) is 46.9 Å². The van der Waals surface area contributed by atoms with Gasteiger partial charge in [-0.15, -0.1) is 0 Å². The number of oxazole rings is 1. The summed E-state index contributed by atoms with van der Waals surface area (Å²) in [5.74, 6) is 1.39. The maximum atomic E-state index is 5.62. The Morgan fingerprint density at radius 3 is 2.35 bits per heavy atom. The molecule has 5 nitrogen and oxygen atoms in total. The molecule has 0 unspecified atom stereocenters. The Kier molecular flexibility index (Phi) is 3.16. The number of para-hydroxylation sites is 2. The van der Waals surface area contributed by atoms with Crippen molar-refractivity contribution in [1.29, 1.82) is 0 Å². The first-order valence-electron chi connectivity index (χ1n) is 6.14. The standard InChI is InChI=1S/C15H14N2O3/c1-18-11-7-10(8-12(9-11)19-2)16-15-17-13-5-3-4-6-14(13)20-15/h3-9H,1-2H3,(H,16,17). The lowest BCUT2D eigenvalue weighted by Gasteiger charge is -2.08. The van der Waals surface area contributed by atoms with Crippen LogP contribution in [0.1, 0.15) is 0 Å². The first-order chi connectivity index (χ1) is 9.78. The van der Waals surface area contributed by atoms with Crippen LogP contribution in [0.3, 0.4) is 0 Å². The van der Waals surface area contributed by atoms with Crippen molar-refractivity contribution >= 4 is 22.8 Å². The predicted molar refractivity (Wildman–Crippen MR) is 76.8 cm³/mol. The zero-order valence-electron chi connectivity index (χ0n) is 11.2. The van der Waals surface area contributed by atoms with Crippen molar-refractivity contribution in [2.24, 2.45) is 0 Å². The van der Waals surface area contributed by atoms with Gasteiger partial charge in [-0.1, -0.05) is 12.1 Å². The molecule has 0 saturated heterocycles. The van der Waals surface area contributed by atoms with Crippen LogP contribution >= 0.6 is 0 Å². The molecule has 102 valence electrons. The van der Waals surface area contributed by atoms with Crippen LogP contribution in [0.25, 0.3) is 11.1 Å². The number of fused-ring (bicyclic) bond motifs is 1. The molecule has 0 atom stereocenters. The third-order valence-electron chi connectivity index (χ3n) is 2.90. The second-order valence-electron chi connectivity index (χ2n) is 4.21. The molecule has 0 aliphatic rings. The molecule has 1 N–H and O–H groups in total. The van der Waals surface area contributed by atoms with Gasteiger partial charge in [0.1, 0.15) is 17.0 Å². The number of benzene rings is 2. The van der Waals surface area contributed by atoms with Gasteiger partial charge < -0.3 is 19.2 Å². The van der Waals surface area contributed by atoms with E-state index < -0.39 is 0 Å². The van der Waals surface area contributed by atoms with Crippen molar-refractivity contribution in [2.75, 3.05) is 19.5 Å². The minimum Gasteiger partial charge on any atom is -0.497 e. The highest BCUT2D eigenvalue weighted by atomic mass is 16.5. The predicted octanol–water partition coefficient (Wildman–Crippen LogP) is 3.59. The molecular formula is C15H14N2O3. The first-order valence-corrected chi connectivity index (χ1v) is 6.14. The van der Waals surface area contributed by atoms with Gasteiger partial charge in [0.25, 0.3) is 6.01 Å². The largest absolute Gasteiger partial charge is 0.497 e. The van der Waals surface area contributed by atoms with Gasteiger partial charge >= 0.3 is 0 Å². The van der Waals surface area contributed by atoms with Crippen LogP contribution in [0, 0.1) is 0 Å². The van der Waals surface area contributed by atoms with Crippen molar-refractivity contribution in [1.82, 2.24) is 4.98 Å². The van der Waals surface area contributed by atoms with Gasteiger partial charge in [-0.2, -0.15) is 4.98 Å². The molecule has 20 heavy (non-hydrogen) atoms. The summed E-state index contributed by atoms with van der Waals surface area (Å²) in [6.07, 6.45) is 0. The molecule has 0 spiro atoms. The second-order valence-corrected chi connectivity index (χ2v) is 4.21. The molecule has 3 rings (SSSR count). The lowest BCUT2D eigenvalue weighted by molar-refractivity contribution is 0.394. The van der Waals surface area contributed by atoms with Crippen molar-refractivity contribution in [3.8, 4) is 11.5 Å². The van der Waals surface area contributed by atoms with E-state index in [0.717, 1.165) is 16.8 Å². The fraction of sp³-hybridized carbons (Fsp3) is 0.133. The SMILES string of the molecule is COc1cc(Nc2nc3ccccc3o2)cc(OC)c1. The van der Waals surface area contributed by atoms with Gasteiger partial charge in [0.15, 0.2) is 5.58 Å². The molecule has 0 aliphatic carbocycles. The highest BCUT2D eigenvalue weighted by molar-refractivity contribution is 5.75. The molecule has 0 aliphatic heterocycles. The molecular weight excluding hydrogens is 256 g/mol. The quantitative estimate of drug-likeness (QED) is 0.785. The van der Waals surface area contributed by atoms with Gasteiger partial charge in [-0.25, -0.2) is 0 Å². The average molecular weight is 270 g/mol. The number of ether oxygens (including phenoxy) is 2. The summed E-state index contributed by atoms with van der Waals surface area (Å²) in [7, 11) is 3.22. The second kappa shape index (κ2) is 5.13. The first kappa shape index (κ1) is 12.3. The number of aromatic nitrogens is 1. The summed E-state index contributed by atoms with van der Waals surface area (Å²) in [5, 5.41) is 3.10. The number of hydrogen-bond acceptors (Lipinski definition) is 5. The van der Waals surface area contributed by atoms with Crippen LogP contribution in [-0.2, 0) is 0 Å². The lowest BCUT2D eigenvalue weighted by Crippen LogP contribution is -1.93. The molecule has 0 amide bonds. The maximum Gasteiger partial charge on any atom is 0.300 e. The molecule has 1 aromatic heterocycles. The zero-order chi connectivity index (χ0) is 13.9. The van der Waals surface area contributed by atoms with E-state index in [4.69, 9.17) is 13.9 Å². The average Bonchev–Trinajstić information content (AvgIpc) is 2.88. The zero-order valence-corrected chi connectivity index (χ0v) is 11.2. The third-order valence-corrected chi connectivity index (χ3v) is 2.90. The minimum atomic E-state index is 0.432. The van der Waals surface area contributed by atoms with Crippen LogP contribution in [0.2, 0.25) is 0 Å². The van der Waals surface area contributed by atoms with E-state index >= 15 is 0 Å². The molecule has 5 heteroatoms. The fourth-order valence-corrected chi connectivity index (χ4v) is 1.93. The Hall–Kier alpha value is -2.69. The topological polar surface area (TPSA) is 56.5 Å². The summed E-state index contributed by atoms with van der Waals surface area (Å²) < 4.78 is 16.1. The lowest BCUT2D eigenvalue weighted by atomic mass is 10.3. The van der Waals surface area contributed by atoms with Crippen molar-refractivity contribution in [3.63, 3.8) is 0 Å². The molecule has 0 radical (unpaired) electrons. The van der Waals surface area contributed by atoms with Crippen LogP contribution in [0.4, 0.5) is 11.7 Å². The van der Waals surface area contributed by atoms with E-state index in [-0.39, 0.29) is 0 Å². The number of nitrogens with one attached hydrogen (secondary N) is 1. The number of methoxy groups -OCH3 is 2. The summed E-state index contributed by atoms with van der Waals surface area (Å²) in [6, 6.07) is 13.5. The Labute approximate surface area is 116 Å². The third kappa shape index (κ3) is 2.38. The van der Waals surface area contributed by atoms with E-state index in [1.807, 2.05) is 36.4 Å². The highest BCUT2D eigenvalue weighted by Gasteiger charge is 2.07. The van der Waals surface area contributed by atoms with Gasteiger partial charge in [0, 0.05) is 23.9 Å². The van der Waals surface area contributed by atoms with E-state index in [2.05, 4.69) is 10.3 Å². The van der Waals surface area contributed by atoms with Crippen molar-refractivity contribution in [2.45, 2.75) is 0 Å². The maximum absolute atomic E-state index is 5.62. The summed E-state index contributed by atoms with van der Waals surface area (Å²) in [6.45, 7) is 0. The molecule has 2 aromatic carbocycles. The summed E-state index contributed by atoms with van der Waals surface area (Å²) in [5.41, 5.74) is 2.34. The Balaban J connectivity index is 1.93. The summed E-state index contributed by atoms with van der Waals surface area (Å²) in [4.78, 5) is 4.36. The fourth-order valence-electron chi connectivity index (χ4n) is 1.93. The van der Waals surface area contributed by atoms with Crippen LogP contribution in [-0.4, -0.2) is 19.2 Å². The summed E-state index contributed by atoms with van der Waals surface area (Å²) >= 11 is 0. The van der Waals surface area contributed by atoms with E-state index in [0.29, 0.717) is 17.5 Å². The number of hydrogen-bond donors (Lipinski definition) is 1. The molecule has 0 bridgehead atoms. The van der Waals surface area contributed by atoms with Gasteiger partial charge in [-0.3, -0.25) is 0 Å². The monoisotopic (exact) mass is 270 g/mol. The Morgan fingerprint density at radius 2 is 1.70 bits per heavy atom. The highest BCUT2D eigenvalue weighted by Crippen LogP contribution is 2.28. The number of anilines is 2. The van der Waals surface area contributed by atoms with Crippen LogP contribution < -0.4 is 14.8 Å². The van der Waals surface area contributed by atoms with Gasteiger partial charge in [0.05, 0.1) is 14.2 Å². The van der Waals surface area contributed by atoms with E-state index in [9.17, 15) is 0 Å². The molecule has 1 heterocycles. The molecule has 0 saturated carbocycles. The Morgan fingerprint density at radius 1 is 1.00 bits per heavy atom. The normalized spacial score (nSPS) is 10.5. The van der Waals surface area contributed by atoms with Gasteiger partial charge in [0.2, 0.25) is 0 Å². The van der Waals surface area contributed by atoms with E-state index in [1.54, 1.807) is 20.3 Å². The minimum absolute atomic E-state index is 0.432.